The Morgan fingerprint density at radius 1 is 1.38 bits per heavy atom. The molecule has 1 fully saturated rings. The molecule has 1 aromatic rings. The normalized spacial score (nSPS) is 18.5. The van der Waals surface area contributed by atoms with Crippen LogP contribution in [0.1, 0.15) is 45.1 Å². The molecule has 21 heavy (non-hydrogen) atoms. The number of halogens is 2. The molecule has 0 radical (unpaired) electrons. The zero-order valence-electron chi connectivity index (χ0n) is 12.8. The van der Waals surface area contributed by atoms with Crippen LogP contribution in [0.5, 0.6) is 0 Å². The van der Waals surface area contributed by atoms with Crippen LogP contribution in [0.2, 0.25) is 0 Å². The lowest BCUT2D eigenvalue weighted by Gasteiger charge is -2.39. The van der Waals surface area contributed by atoms with E-state index in [9.17, 15) is 4.39 Å². The van der Waals surface area contributed by atoms with Crippen LogP contribution in [0.3, 0.4) is 0 Å². The van der Waals surface area contributed by atoms with Gasteiger partial charge in [-0.3, -0.25) is 5.41 Å². The Kier molecular flexibility index (Phi) is 4.61. The molecule has 3 nitrogen and oxygen atoms in total. The number of anilines is 1. The van der Waals surface area contributed by atoms with Gasteiger partial charge in [-0.25, -0.2) is 4.39 Å². The molecular formula is C16H23BrFN3. The van der Waals surface area contributed by atoms with Crippen molar-refractivity contribution in [3.05, 3.63) is 28.0 Å². The van der Waals surface area contributed by atoms with Gasteiger partial charge in [0.1, 0.15) is 5.84 Å². The number of benzene rings is 1. The van der Waals surface area contributed by atoms with Gasteiger partial charge in [-0.2, -0.15) is 0 Å². The zero-order chi connectivity index (χ0) is 15.8. The first-order valence-electron chi connectivity index (χ1n) is 7.28. The quantitative estimate of drug-likeness (QED) is 0.628. The van der Waals surface area contributed by atoms with E-state index in [-0.39, 0.29) is 16.1 Å². The Hall–Kier alpha value is -1.10. The van der Waals surface area contributed by atoms with Crippen LogP contribution in [0, 0.1) is 16.6 Å². The Morgan fingerprint density at radius 2 is 1.95 bits per heavy atom. The van der Waals surface area contributed by atoms with Crippen LogP contribution in [0.4, 0.5) is 10.1 Å². The van der Waals surface area contributed by atoms with Crippen LogP contribution < -0.4 is 10.6 Å². The minimum absolute atomic E-state index is 0.130. The molecule has 0 atom stereocenters. The van der Waals surface area contributed by atoms with Crippen molar-refractivity contribution in [1.29, 1.82) is 5.41 Å². The van der Waals surface area contributed by atoms with E-state index in [2.05, 4.69) is 29.8 Å². The summed E-state index contributed by atoms with van der Waals surface area (Å²) < 4.78 is 14.8. The number of nitrogen functional groups attached to an aromatic ring is 1. The smallest absolute Gasteiger partial charge is 0.161 e. The fourth-order valence-electron chi connectivity index (χ4n) is 2.99. The fourth-order valence-corrected chi connectivity index (χ4v) is 3.54. The lowest BCUT2D eigenvalue weighted by atomic mass is 9.75. The molecule has 0 aromatic heterocycles. The molecule has 1 saturated carbocycles. The molecule has 0 spiro atoms. The van der Waals surface area contributed by atoms with Crippen molar-refractivity contribution in [3.8, 4) is 0 Å². The molecule has 0 amide bonds. The molecule has 0 heterocycles. The van der Waals surface area contributed by atoms with Gasteiger partial charge in [-0.15, -0.1) is 0 Å². The fraction of sp³-hybridized carbons (Fsp3) is 0.562. The number of nitrogens with zero attached hydrogens (tertiary/aromatic N) is 1. The highest BCUT2D eigenvalue weighted by atomic mass is 79.9. The summed E-state index contributed by atoms with van der Waals surface area (Å²) in [5, 5.41) is 7.46. The summed E-state index contributed by atoms with van der Waals surface area (Å²) >= 11 is 3.22. The van der Waals surface area contributed by atoms with E-state index in [1.54, 1.807) is 12.1 Å². The van der Waals surface area contributed by atoms with Crippen LogP contribution in [0.25, 0.3) is 0 Å². The van der Waals surface area contributed by atoms with E-state index < -0.39 is 0 Å². The lowest BCUT2D eigenvalue weighted by molar-refractivity contribution is 0.222. The van der Waals surface area contributed by atoms with E-state index in [0.29, 0.717) is 22.7 Å². The highest BCUT2D eigenvalue weighted by molar-refractivity contribution is 9.10. The second kappa shape index (κ2) is 5.95. The van der Waals surface area contributed by atoms with Crippen LogP contribution in [-0.2, 0) is 0 Å². The molecule has 0 bridgehead atoms. The first kappa shape index (κ1) is 16.3. The first-order valence-corrected chi connectivity index (χ1v) is 8.07. The van der Waals surface area contributed by atoms with Crippen molar-refractivity contribution in [2.24, 2.45) is 11.1 Å². The van der Waals surface area contributed by atoms with Crippen molar-refractivity contribution in [2.75, 3.05) is 11.9 Å². The molecule has 1 aromatic carbocycles. The highest BCUT2D eigenvalue weighted by Gasteiger charge is 2.30. The standard InChI is InChI=1S/C16H23BrFN3/c1-16(2)8-6-10(7-9-16)21(3)12-5-4-11(15(19)20)13(17)14(12)18/h4-5,10H,6-9H2,1-3H3,(H3,19,20). The molecule has 1 aliphatic rings. The zero-order valence-corrected chi connectivity index (χ0v) is 14.4. The minimum atomic E-state index is -0.338. The Morgan fingerprint density at radius 3 is 2.48 bits per heavy atom. The van der Waals surface area contributed by atoms with Gasteiger partial charge in [-0.1, -0.05) is 13.8 Å². The monoisotopic (exact) mass is 355 g/mol. The van der Waals surface area contributed by atoms with E-state index in [1.165, 1.54) is 0 Å². The number of nitrogens with one attached hydrogen (secondary N) is 1. The van der Waals surface area contributed by atoms with Crippen molar-refractivity contribution < 1.29 is 4.39 Å². The van der Waals surface area contributed by atoms with Crippen molar-refractivity contribution in [3.63, 3.8) is 0 Å². The predicted molar refractivity (Wildman–Crippen MR) is 89.6 cm³/mol. The summed E-state index contributed by atoms with van der Waals surface area (Å²) in [4.78, 5) is 2.03. The molecule has 1 aliphatic carbocycles. The SMILES string of the molecule is CN(c1ccc(C(=N)N)c(Br)c1F)C1CCC(C)(C)CC1. The third kappa shape index (κ3) is 3.39. The topological polar surface area (TPSA) is 53.1 Å². The summed E-state index contributed by atoms with van der Waals surface area (Å²) in [6, 6.07) is 3.78. The van der Waals surface area contributed by atoms with E-state index in [4.69, 9.17) is 11.1 Å². The van der Waals surface area contributed by atoms with Gasteiger partial charge in [0, 0.05) is 18.7 Å². The van der Waals surface area contributed by atoms with E-state index >= 15 is 0 Å². The van der Waals surface area contributed by atoms with Crippen LogP contribution in [0.15, 0.2) is 16.6 Å². The maximum Gasteiger partial charge on any atom is 0.161 e. The summed E-state index contributed by atoms with van der Waals surface area (Å²) in [7, 11) is 1.95. The maximum atomic E-state index is 14.5. The van der Waals surface area contributed by atoms with Gasteiger partial charge in [0.2, 0.25) is 0 Å². The molecule has 2 rings (SSSR count). The third-order valence-electron chi connectivity index (χ3n) is 4.59. The van der Waals surface area contributed by atoms with Gasteiger partial charge in [0.15, 0.2) is 5.82 Å². The maximum absolute atomic E-state index is 14.5. The summed E-state index contributed by atoms with van der Waals surface area (Å²) in [5.74, 6) is -0.468. The Balaban J connectivity index is 2.22. The number of amidine groups is 1. The molecule has 0 unspecified atom stereocenters. The predicted octanol–water partition coefficient (Wildman–Crippen LogP) is 4.28. The van der Waals surface area contributed by atoms with Gasteiger partial charge >= 0.3 is 0 Å². The van der Waals surface area contributed by atoms with Gasteiger partial charge < -0.3 is 10.6 Å². The Bertz CT molecular complexity index is 547. The van der Waals surface area contributed by atoms with Crippen LogP contribution in [-0.4, -0.2) is 18.9 Å². The molecular weight excluding hydrogens is 333 g/mol. The van der Waals surface area contributed by atoms with Crippen LogP contribution >= 0.6 is 15.9 Å². The molecule has 116 valence electrons. The molecule has 0 aliphatic heterocycles. The van der Waals surface area contributed by atoms with E-state index in [0.717, 1.165) is 25.7 Å². The van der Waals surface area contributed by atoms with Gasteiger partial charge in [-0.05, 0) is 59.2 Å². The minimum Gasteiger partial charge on any atom is -0.384 e. The second-order valence-electron chi connectivity index (χ2n) is 6.68. The van der Waals surface area contributed by atoms with Crippen molar-refractivity contribution >= 4 is 27.5 Å². The second-order valence-corrected chi connectivity index (χ2v) is 7.47. The highest BCUT2D eigenvalue weighted by Crippen LogP contribution is 2.39. The van der Waals surface area contributed by atoms with Crippen molar-refractivity contribution in [1.82, 2.24) is 0 Å². The van der Waals surface area contributed by atoms with E-state index in [1.807, 2.05) is 11.9 Å². The summed E-state index contributed by atoms with van der Waals surface area (Å²) in [6.45, 7) is 4.59. The van der Waals surface area contributed by atoms with Gasteiger partial charge in [0.25, 0.3) is 0 Å². The molecule has 5 heteroatoms. The summed E-state index contributed by atoms with van der Waals surface area (Å²) in [6.07, 6.45) is 4.48. The first-order chi connectivity index (χ1) is 9.73. The molecule has 0 saturated heterocycles. The third-order valence-corrected chi connectivity index (χ3v) is 5.36. The largest absolute Gasteiger partial charge is 0.384 e. The summed E-state index contributed by atoms with van der Waals surface area (Å²) in [5.41, 5.74) is 6.82. The Labute approximate surface area is 134 Å². The molecule has 3 N–H and O–H groups in total. The number of hydrogen-bond acceptors (Lipinski definition) is 2. The average Bonchev–Trinajstić information content (AvgIpc) is 2.40. The van der Waals surface area contributed by atoms with Gasteiger partial charge in [0.05, 0.1) is 10.2 Å². The number of rotatable bonds is 3. The lowest BCUT2D eigenvalue weighted by Crippen LogP contribution is -2.37. The average molecular weight is 356 g/mol. The van der Waals surface area contributed by atoms with Crippen molar-refractivity contribution in [2.45, 2.75) is 45.6 Å². The number of nitrogens with two attached hydrogens (primary N) is 1. The number of hydrogen-bond donors (Lipinski definition) is 2.